The zero-order valence-corrected chi connectivity index (χ0v) is 13.7. The first-order valence-corrected chi connectivity index (χ1v) is 8.84. The van der Waals surface area contributed by atoms with Crippen molar-refractivity contribution < 1.29 is 9.53 Å². The molecule has 0 saturated heterocycles. The van der Waals surface area contributed by atoms with Crippen molar-refractivity contribution in [2.45, 2.75) is 63.9 Å². The largest absolute Gasteiger partial charge is 0.491 e. The summed E-state index contributed by atoms with van der Waals surface area (Å²) in [7, 11) is 0. The fraction of sp³-hybridized carbons (Fsp3) is 0.650. The third kappa shape index (κ3) is 2.28. The summed E-state index contributed by atoms with van der Waals surface area (Å²) in [4.78, 5) is 11.1. The molecule has 0 aliphatic heterocycles. The van der Waals surface area contributed by atoms with Gasteiger partial charge in [0.1, 0.15) is 12.0 Å². The first kappa shape index (κ1) is 14.3. The molecular weight excluding hydrogens is 272 g/mol. The minimum atomic E-state index is 0.148. The Morgan fingerprint density at radius 1 is 1.09 bits per heavy atom. The molecule has 4 fully saturated rings. The Labute approximate surface area is 133 Å². The summed E-state index contributed by atoms with van der Waals surface area (Å²) in [6.45, 7) is 4.13. The van der Waals surface area contributed by atoms with Gasteiger partial charge in [-0.3, -0.25) is 4.79 Å². The zero-order chi connectivity index (χ0) is 15.3. The van der Waals surface area contributed by atoms with Crippen LogP contribution in [0.15, 0.2) is 18.2 Å². The van der Waals surface area contributed by atoms with Gasteiger partial charge in [-0.1, -0.05) is 12.1 Å². The molecular formula is C20H26O2. The van der Waals surface area contributed by atoms with Gasteiger partial charge in [0.05, 0.1) is 6.10 Å². The smallest absolute Gasteiger partial charge is 0.150 e. The van der Waals surface area contributed by atoms with E-state index >= 15 is 0 Å². The summed E-state index contributed by atoms with van der Waals surface area (Å²) in [6, 6.07) is 6.13. The van der Waals surface area contributed by atoms with E-state index in [1.54, 1.807) is 0 Å². The fourth-order valence-electron chi connectivity index (χ4n) is 5.84. The van der Waals surface area contributed by atoms with Crippen molar-refractivity contribution in [2.24, 2.45) is 17.8 Å². The highest BCUT2D eigenvalue weighted by Gasteiger charge is 2.52. The summed E-state index contributed by atoms with van der Waals surface area (Å²) in [5.74, 6) is 3.72. The van der Waals surface area contributed by atoms with Crippen LogP contribution in [0.5, 0.6) is 5.75 Å². The van der Waals surface area contributed by atoms with Crippen molar-refractivity contribution >= 4 is 6.29 Å². The van der Waals surface area contributed by atoms with Gasteiger partial charge in [-0.05, 0) is 81.6 Å². The summed E-state index contributed by atoms with van der Waals surface area (Å²) >= 11 is 0. The average Bonchev–Trinajstić information content (AvgIpc) is 2.44. The average molecular weight is 298 g/mol. The van der Waals surface area contributed by atoms with E-state index in [4.69, 9.17) is 4.74 Å². The second-order valence-electron chi connectivity index (χ2n) is 8.24. The van der Waals surface area contributed by atoms with Gasteiger partial charge in [0, 0.05) is 11.1 Å². The number of hydrogen-bond acceptors (Lipinski definition) is 2. The fourth-order valence-corrected chi connectivity index (χ4v) is 5.84. The number of hydrogen-bond donors (Lipinski definition) is 0. The van der Waals surface area contributed by atoms with Gasteiger partial charge in [-0.2, -0.15) is 0 Å². The first-order valence-electron chi connectivity index (χ1n) is 8.84. The molecule has 0 N–H and O–H groups in total. The number of rotatable bonds is 4. The number of aldehydes is 1. The van der Waals surface area contributed by atoms with Crippen molar-refractivity contribution in [1.29, 1.82) is 0 Å². The molecule has 4 saturated carbocycles. The van der Waals surface area contributed by atoms with E-state index in [2.05, 4.69) is 19.9 Å². The van der Waals surface area contributed by atoms with E-state index in [9.17, 15) is 4.79 Å². The molecule has 1 aromatic rings. The molecule has 0 unspecified atom stereocenters. The Kier molecular flexibility index (Phi) is 3.32. The van der Waals surface area contributed by atoms with E-state index in [1.807, 2.05) is 12.1 Å². The topological polar surface area (TPSA) is 26.3 Å². The molecule has 1 aromatic carbocycles. The van der Waals surface area contributed by atoms with Crippen molar-refractivity contribution in [3.8, 4) is 5.75 Å². The van der Waals surface area contributed by atoms with Crippen molar-refractivity contribution in [3.63, 3.8) is 0 Å². The predicted octanol–water partition coefficient (Wildman–Crippen LogP) is 4.75. The third-order valence-corrected chi connectivity index (χ3v) is 6.11. The van der Waals surface area contributed by atoms with Crippen LogP contribution in [0.3, 0.4) is 0 Å². The molecule has 4 aliphatic carbocycles. The van der Waals surface area contributed by atoms with Crippen LogP contribution in [0.2, 0.25) is 0 Å². The highest BCUT2D eigenvalue weighted by Crippen LogP contribution is 2.61. The quantitative estimate of drug-likeness (QED) is 0.750. The monoisotopic (exact) mass is 298 g/mol. The molecule has 0 amide bonds. The van der Waals surface area contributed by atoms with Crippen LogP contribution in [0.1, 0.15) is 68.3 Å². The van der Waals surface area contributed by atoms with E-state index in [1.165, 1.54) is 44.1 Å². The molecule has 0 atom stereocenters. The van der Waals surface area contributed by atoms with Crippen molar-refractivity contribution in [2.75, 3.05) is 0 Å². The summed E-state index contributed by atoms with van der Waals surface area (Å²) < 4.78 is 6.12. The molecule has 2 heteroatoms. The van der Waals surface area contributed by atoms with Crippen LogP contribution >= 0.6 is 0 Å². The summed E-state index contributed by atoms with van der Waals surface area (Å²) in [5.41, 5.74) is 2.43. The lowest BCUT2D eigenvalue weighted by Gasteiger charge is -2.57. The van der Waals surface area contributed by atoms with Gasteiger partial charge in [-0.25, -0.2) is 0 Å². The molecule has 22 heavy (non-hydrogen) atoms. The SMILES string of the molecule is CC(C)Oc1cc(C=O)ccc1C12CC3CC(CC(C3)C1)C2. The van der Waals surface area contributed by atoms with Crippen LogP contribution in [0.25, 0.3) is 0 Å². The van der Waals surface area contributed by atoms with Gasteiger partial charge in [-0.15, -0.1) is 0 Å². The number of ether oxygens (including phenoxy) is 1. The van der Waals surface area contributed by atoms with Crippen LogP contribution < -0.4 is 4.74 Å². The van der Waals surface area contributed by atoms with Gasteiger partial charge in [0.25, 0.3) is 0 Å². The van der Waals surface area contributed by atoms with E-state index in [0.717, 1.165) is 35.4 Å². The van der Waals surface area contributed by atoms with Gasteiger partial charge < -0.3 is 4.74 Å². The zero-order valence-electron chi connectivity index (χ0n) is 13.7. The van der Waals surface area contributed by atoms with Crippen LogP contribution in [-0.2, 0) is 5.41 Å². The lowest BCUT2D eigenvalue weighted by molar-refractivity contribution is -0.00671. The summed E-state index contributed by atoms with van der Waals surface area (Å²) in [6.07, 6.45) is 9.41. The molecule has 0 aromatic heterocycles. The minimum absolute atomic E-state index is 0.148. The Morgan fingerprint density at radius 3 is 2.18 bits per heavy atom. The highest BCUT2D eigenvalue weighted by atomic mass is 16.5. The Hall–Kier alpha value is -1.31. The second-order valence-corrected chi connectivity index (χ2v) is 8.24. The number of benzene rings is 1. The van der Waals surface area contributed by atoms with E-state index in [-0.39, 0.29) is 6.10 Å². The number of carbonyl (C=O) groups excluding carboxylic acids is 1. The Morgan fingerprint density at radius 2 is 1.68 bits per heavy atom. The molecule has 4 bridgehead atoms. The van der Waals surface area contributed by atoms with Gasteiger partial charge in [0.2, 0.25) is 0 Å². The maximum atomic E-state index is 11.1. The van der Waals surface area contributed by atoms with E-state index in [0.29, 0.717) is 5.41 Å². The standard InChI is InChI=1S/C20H26O2/c1-13(2)22-19-8-14(12-21)3-4-18(19)20-9-15-5-16(10-20)7-17(6-15)11-20/h3-4,8,12-13,15-17H,5-7,9-11H2,1-2H3. The van der Waals surface area contributed by atoms with Crippen LogP contribution in [-0.4, -0.2) is 12.4 Å². The van der Waals surface area contributed by atoms with Crippen molar-refractivity contribution in [1.82, 2.24) is 0 Å². The lowest BCUT2D eigenvalue weighted by atomic mass is 9.48. The molecule has 4 aliphatic rings. The molecule has 118 valence electrons. The van der Waals surface area contributed by atoms with Gasteiger partial charge in [0.15, 0.2) is 0 Å². The van der Waals surface area contributed by atoms with E-state index < -0.39 is 0 Å². The molecule has 5 rings (SSSR count). The minimum Gasteiger partial charge on any atom is -0.491 e. The Balaban J connectivity index is 1.76. The highest BCUT2D eigenvalue weighted by molar-refractivity contribution is 5.76. The molecule has 2 nitrogen and oxygen atoms in total. The third-order valence-electron chi connectivity index (χ3n) is 6.11. The first-order chi connectivity index (χ1) is 10.6. The summed E-state index contributed by atoms with van der Waals surface area (Å²) in [5, 5.41) is 0. The number of carbonyl (C=O) groups is 1. The molecule has 0 radical (unpaired) electrons. The van der Waals surface area contributed by atoms with Crippen molar-refractivity contribution in [3.05, 3.63) is 29.3 Å². The second kappa shape index (κ2) is 5.11. The predicted molar refractivity (Wildman–Crippen MR) is 87.4 cm³/mol. The molecule has 0 spiro atoms. The molecule has 0 heterocycles. The normalized spacial score (nSPS) is 35.9. The maximum Gasteiger partial charge on any atom is 0.150 e. The van der Waals surface area contributed by atoms with Crippen LogP contribution in [0.4, 0.5) is 0 Å². The Bertz CT molecular complexity index is 552. The lowest BCUT2D eigenvalue weighted by Crippen LogP contribution is -2.48. The maximum absolute atomic E-state index is 11.1. The van der Waals surface area contributed by atoms with Gasteiger partial charge >= 0.3 is 0 Å². The van der Waals surface area contributed by atoms with Crippen LogP contribution in [0, 0.1) is 17.8 Å².